The van der Waals surface area contributed by atoms with E-state index in [0.717, 1.165) is 0 Å². The Morgan fingerprint density at radius 1 is 1.57 bits per heavy atom. The van der Waals surface area contributed by atoms with Gasteiger partial charge >= 0.3 is 5.97 Å². The highest BCUT2D eigenvalue weighted by atomic mass is 16.4. The van der Waals surface area contributed by atoms with Crippen LogP contribution in [0.15, 0.2) is 0 Å². The first kappa shape index (κ1) is 10.5. The highest BCUT2D eigenvalue weighted by Gasteiger charge is 2.49. The third-order valence-electron chi connectivity index (χ3n) is 2.36. The molecule has 0 radical (unpaired) electrons. The molecule has 1 N–H and O–H groups in total. The maximum atomic E-state index is 11.5. The fraction of sp³-hybridized carbons (Fsp3) is 0.667. The van der Waals surface area contributed by atoms with E-state index in [1.165, 1.54) is 4.90 Å². The summed E-state index contributed by atoms with van der Waals surface area (Å²) in [7, 11) is 1.59. The van der Waals surface area contributed by atoms with Crippen LogP contribution in [0.25, 0.3) is 0 Å². The largest absolute Gasteiger partial charge is 0.481 e. The lowest BCUT2D eigenvalue weighted by molar-refractivity contribution is -0.141. The molecular weight excluding hydrogens is 184 g/mol. The van der Waals surface area contributed by atoms with Crippen LogP contribution in [0.2, 0.25) is 0 Å². The lowest BCUT2D eigenvalue weighted by atomic mass is 10.3. The molecule has 1 aliphatic rings. The summed E-state index contributed by atoms with van der Waals surface area (Å²) in [5.74, 6) is -1.94. The van der Waals surface area contributed by atoms with Crippen molar-refractivity contribution in [2.45, 2.75) is 12.8 Å². The van der Waals surface area contributed by atoms with E-state index in [2.05, 4.69) is 0 Å². The van der Waals surface area contributed by atoms with Gasteiger partial charge in [-0.05, 0) is 6.42 Å². The Balaban J connectivity index is 2.37. The van der Waals surface area contributed by atoms with Crippen molar-refractivity contribution in [3.05, 3.63) is 0 Å². The average Bonchev–Trinajstić information content (AvgIpc) is 2.92. The maximum Gasteiger partial charge on any atom is 0.307 e. The molecule has 1 amide bonds. The van der Waals surface area contributed by atoms with Gasteiger partial charge in [0.1, 0.15) is 0 Å². The van der Waals surface area contributed by atoms with Crippen molar-refractivity contribution in [3.8, 4) is 6.07 Å². The highest BCUT2D eigenvalue weighted by Crippen LogP contribution is 2.39. The smallest absolute Gasteiger partial charge is 0.307 e. The van der Waals surface area contributed by atoms with E-state index in [1.807, 2.05) is 6.07 Å². The Morgan fingerprint density at radius 2 is 2.21 bits per heavy atom. The zero-order valence-electron chi connectivity index (χ0n) is 7.93. The van der Waals surface area contributed by atoms with Crippen LogP contribution >= 0.6 is 0 Å². The number of hydrogen-bond acceptors (Lipinski definition) is 3. The van der Waals surface area contributed by atoms with Crippen LogP contribution in [-0.2, 0) is 9.59 Å². The van der Waals surface area contributed by atoms with Crippen molar-refractivity contribution in [2.24, 2.45) is 11.8 Å². The van der Waals surface area contributed by atoms with Crippen LogP contribution in [0, 0.1) is 23.2 Å². The van der Waals surface area contributed by atoms with Gasteiger partial charge in [0.2, 0.25) is 5.91 Å². The number of rotatable bonds is 4. The standard InChI is InChI=1S/C9H12N2O3/c1-11(4-2-3-10)8(12)6-5-7(6)9(13)14/h6-7H,2,4-5H2,1H3,(H,13,14)/t6-,7+/m1/s1. The Kier molecular flexibility index (Phi) is 3.07. The number of carboxylic acid groups (broad SMARTS) is 1. The number of hydrogen-bond donors (Lipinski definition) is 1. The summed E-state index contributed by atoms with van der Waals surface area (Å²) in [5, 5.41) is 16.9. The molecule has 0 heterocycles. The molecule has 0 spiro atoms. The quantitative estimate of drug-likeness (QED) is 0.690. The van der Waals surface area contributed by atoms with Gasteiger partial charge in [-0.1, -0.05) is 0 Å². The van der Waals surface area contributed by atoms with Crippen LogP contribution in [-0.4, -0.2) is 35.5 Å². The first-order valence-corrected chi connectivity index (χ1v) is 4.42. The minimum absolute atomic E-state index is 0.160. The molecule has 0 unspecified atom stereocenters. The fourth-order valence-electron chi connectivity index (χ4n) is 1.35. The summed E-state index contributed by atoms with van der Waals surface area (Å²) in [6.07, 6.45) is 0.720. The van der Waals surface area contributed by atoms with E-state index in [-0.39, 0.29) is 18.2 Å². The monoisotopic (exact) mass is 196 g/mol. The van der Waals surface area contributed by atoms with Gasteiger partial charge < -0.3 is 10.0 Å². The van der Waals surface area contributed by atoms with Crippen molar-refractivity contribution in [1.29, 1.82) is 5.26 Å². The third kappa shape index (κ3) is 2.22. The van der Waals surface area contributed by atoms with Gasteiger partial charge in [0.15, 0.2) is 0 Å². The second kappa shape index (κ2) is 4.09. The van der Waals surface area contributed by atoms with Crippen LogP contribution in [0.3, 0.4) is 0 Å². The molecule has 0 saturated heterocycles. The molecule has 1 saturated carbocycles. The van der Waals surface area contributed by atoms with E-state index in [4.69, 9.17) is 10.4 Å². The Labute approximate surface area is 81.9 Å². The zero-order valence-corrected chi connectivity index (χ0v) is 7.93. The van der Waals surface area contributed by atoms with Gasteiger partial charge in [0.25, 0.3) is 0 Å². The Bertz CT molecular complexity index is 295. The van der Waals surface area contributed by atoms with Crippen molar-refractivity contribution in [2.75, 3.05) is 13.6 Å². The molecule has 14 heavy (non-hydrogen) atoms. The molecule has 0 aliphatic heterocycles. The fourth-order valence-corrected chi connectivity index (χ4v) is 1.35. The molecule has 0 aromatic heterocycles. The molecule has 1 fully saturated rings. The van der Waals surface area contributed by atoms with Crippen molar-refractivity contribution in [3.63, 3.8) is 0 Å². The maximum absolute atomic E-state index is 11.5. The van der Waals surface area contributed by atoms with Gasteiger partial charge in [-0.3, -0.25) is 9.59 Å². The number of carboxylic acids is 1. The molecule has 2 atom stereocenters. The summed E-state index contributed by atoms with van der Waals surface area (Å²) in [6, 6.07) is 1.94. The summed E-state index contributed by atoms with van der Waals surface area (Å²) in [6.45, 7) is 0.373. The third-order valence-corrected chi connectivity index (χ3v) is 2.36. The van der Waals surface area contributed by atoms with Gasteiger partial charge in [0, 0.05) is 13.6 Å². The van der Waals surface area contributed by atoms with E-state index in [0.29, 0.717) is 13.0 Å². The molecule has 1 aliphatic carbocycles. The second-order valence-corrected chi connectivity index (χ2v) is 3.45. The van der Waals surface area contributed by atoms with Gasteiger partial charge in [-0.15, -0.1) is 0 Å². The number of nitrogens with zero attached hydrogens (tertiary/aromatic N) is 2. The predicted molar refractivity (Wildman–Crippen MR) is 47.1 cm³/mol. The summed E-state index contributed by atoms with van der Waals surface area (Å²) < 4.78 is 0. The van der Waals surface area contributed by atoms with Crippen LogP contribution in [0.4, 0.5) is 0 Å². The van der Waals surface area contributed by atoms with E-state index in [9.17, 15) is 9.59 Å². The Morgan fingerprint density at radius 3 is 2.64 bits per heavy atom. The normalized spacial score (nSPS) is 23.7. The van der Waals surface area contributed by atoms with Gasteiger partial charge in [-0.2, -0.15) is 5.26 Å². The van der Waals surface area contributed by atoms with Gasteiger partial charge in [0.05, 0.1) is 24.3 Å². The van der Waals surface area contributed by atoms with Crippen molar-refractivity contribution in [1.82, 2.24) is 4.90 Å². The summed E-state index contributed by atoms with van der Waals surface area (Å²) >= 11 is 0. The molecule has 0 aromatic carbocycles. The van der Waals surface area contributed by atoms with Gasteiger partial charge in [-0.25, -0.2) is 0 Å². The van der Waals surface area contributed by atoms with Crippen molar-refractivity contribution < 1.29 is 14.7 Å². The van der Waals surface area contributed by atoms with E-state index in [1.54, 1.807) is 7.05 Å². The lowest BCUT2D eigenvalue weighted by Gasteiger charge is -2.14. The average molecular weight is 196 g/mol. The summed E-state index contributed by atoms with van der Waals surface area (Å²) in [4.78, 5) is 23.4. The lowest BCUT2D eigenvalue weighted by Crippen LogP contribution is -2.30. The molecule has 76 valence electrons. The number of aliphatic carboxylic acids is 1. The van der Waals surface area contributed by atoms with E-state index >= 15 is 0 Å². The van der Waals surface area contributed by atoms with Crippen LogP contribution in [0.1, 0.15) is 12.8 Å². The predicted octanol–water partition coefficient (Wildman–Crippen LogP) is 0.0792. The topological polar surface area (TPSA) is 81.4 Å². The van der Waals surface area contributed by atoms with E-state index < -0.39 is 11.9 Å². The molecule has 0 aromatic rings. The van der Waals surface area contributed by atoms with Crippen LogP contribution in [0.5, 0.6) is 0 Å². The molecule has 5 heteroatoms. The minimum Gasteiger partial charge on any atom is -0.481 e. The molecule has 0 bridgehead atoms. The molecule has 1 rings (SSSR count). The summed E-state index contributed by atoms with van der Waals surface area (Å²) in [5.41, 5.74) is 0. The first-order chi connectivity index (χ1) is 6.57. The zero-order chi connectivity index (χ0) is 10.7. The molecular formula is C9H12N2O3. The number of carbonyl (C=O) groups is 2. The number of amides is 1. The SMILES string of the molecule is CN(CCC#N)C(=O)[C@@H]1C[C@@H]1C(=O)O. The number of nitriles is 1. The Hall–Kier alpha value is -1.57. The van der Waals surface area contributed by atoms with Crippen molar-refractivity contribution >= 4 is 11.9 Å². The first-order valence-electron chi connectivity index (χ1n) is 4.42. The highest BCUT2D eigenvalue weighted by molar-refractivity contribution is 5.89. The second-order valence-electron chi connectivity index (χ2n) is 3.45. The van der Waals surface area contributed by atoms with Crippen LogP contribution < -0.4 is 0 Å². The molecule has 5 nitrogen and oxygen atoms in total. The minimum atomic E-state index is -0.906. The number of carbonyl (C=O) groups excluding carboxylic acids is 1.